The average Bonchev–Trinajstić information content (AvgIpc) is 2.09. The molecule has 2 atom stereocenters. The van der Waals surface area contributed by atoms with Gasteiger partial charge < -0.3 is 5.32 Å². The normalized spacial score (nSPS) is 28.1. The molecule has 2 nitrogen and oxygen atoms in total. The first kappa shape index (κ1) is 9.04. The summed E-state index contributed by atoms with van der Waals surface area (Å²) in [4.78, 5) is 11.0. The van der Waals surface area contributed by atoms with Gasteiger partial charge in [-0.25, -0.2) is 0 Å². The summed E-state index contributed by atoms with van der Waals surface area (Å²) in [6.07, 6.45) is 7.61. The highest BCUT2D eigenvalue weighted by Crippen LogP contribution is 2.17. The predicted molar refractivity (Wildman–Crippen MR) is 49.7 cm³/mol. The van der Waals surface area contributed by atoms with Crippen LogP contribution in [-0.4, -0.2) is 11.9 Å². The van der Waals surface area contributed by atoms with E-state index in [1.807, 2.05) is 0 Å². The predicted octanol–water partition coefficient (Wildman–Crippen LogP) is 1.64. The number of amides is 1. The Bertz CT molecular complexity index is 208. The molecule has 0 radical (unpaired) electrons. The van der Waals surface area contributed by atoms with E-state index in [0.717, 1.165) is 12.8 Å². The number of allylic oxidation sites excluding steroid dienone is 1. The van der Waals surface area contributed by atoms with Gasteiger partial charge in [-0.3, -0.25) is 4.79 Å². The van der Waals surface area contributed by atoms with Gasteiger partial charge in [0.25, 0.3) is 0 Å². The van der Waals surface area contributed by atoms with Crippen LogP contribution in [0.3, 0.4) is 0 Å². The van der Waals surface area contributed by atoms with Crippen LogP contribution in [0.4, 0.5) is 0 Å². The van der Waals surface area contributed by atoms with Crippen LogP contribution in [0.1, 0.15) is 19.8 Å². The Morgan fingerprint density at radius 1 is 1.58 bits per heavy atom. The maximum atomic E-state index is 11.0. The molecule has 1 N–H and O–H groups in total. The lowest BCUT2D eigenvalue weighted by Crippen LogP contribution is -2.39. The van der Waals surface area contributed by atoms with Crippen molar-refractivity contribution >= 4 is 5.91 Å². The number of rotatable bonds is 2. The van der Waals surface area contributed by atoms with Gasteiger partial charge in [0.15, 0.2) is 0 Å². The number of nitrogens with one attached hydrogen (secondary N) is 1. The highest BCUT2D eigenvalue weighted by molar-refractivity contribution is 5.87. The van der Waals surface area contributed by atoms with Crippen LogP contribution in [0, 0.1) is 5.92 Å². The first-order valence-corrected chi connectivity index (χ1v) is 4.32. The first-order chi connectivity index (χ1) is 5.74. The standard InChI is InChI=1S/C10H15NO/c1-3-10(12)11-9-7-5-4-6-8(9)2/h3-5,8-9H,1,6-7H2,2H3,(H,11,12)/t8-,9-/m1/s1. The second kappa shape index (κ2) is 4.10. The minimum atomic E-state index is -0.0675. The molecule has 0 saturated heterocycles. The van der Waals surface area contributed by atoms with Crippen molar-refractivity contribution in [3.63, 3.8) is 0 Å². The third-order valence-corrected chi connectivity index (χ3v) is 2.26. The molecule has 2 heteroatoms. The molecule has 0 aliphatic heterocycles. The first-order valence-electron chi connectivity index (χ1n) is 4.32. The fourth-order valence-corrected chi connectivity index (χ4v) is 1.39. The van der Waals surface area contributed by atoms with Crippen molar-refractivity contribution in [2.24, 2.45) is 5.92 Å². The molecule has 0 saturated carbocycles. The van der Waals surface area contributed by atoms with E-state index < -0.39 is 0 Å². The van der Waals surface area contributed by atoms with Crippen molar-refractivity contribution < 1.29 is 4.79 Å². The van der Waals surface area contributed by atoms with Gasteiger partial charge in [-0.15, -0.1) is 0 Å². The average molecular weight is 165 g/mol. The molecule has 12 heavy (non-hydrogen) atoms. The summed E-state index contributed by atoms with van der Waals surface area (Å²) in [6, 6.07) is 0.292. The molecule has 1 rings (SSSR count). The molecule has 0 fully saturated rings. The Balaban J connectivity index is 2.45. The van der Waals surface area contributed by atoms with Gasteiger partial charge in [-0.05, 0) is 24.8 Å². The number of hydrogen-bond acceptors (Lipinski definition) is 1. The lowest BCUT2D eigenvalue weighted by atomic mass is 9.91. The van der Waals surface area contributed by atoms with Gasteiger partial charge in [0.05, 0.1) is 0 Å². The third kappa shape index (κ3) is 2.22. The van der Waals surface area contributed by atoms with E-state index in [2.05, 4.69) is 31.0 Å². The summed E-state index contributed by atoms with van der Waals surface area (Å²) in [7, 11) is 0. The van der Waals surface area contributed by atoms with E-state index in [4.69, 9.17) is 0 Å². The van der Waals surface area contributed by atoms with E-state index in [9.17, 15) is 4.79 Å². The molecule has 0 aromatic heterocycles. The molecule has 0 heterocycles. The van der Waals surface area contributed by atoms with Gasteiger partial charge in [0, 0.05) is 6.04 Å². The minimum absolute atomic E-state index is 0.0675. The Hall–Kier alpha value is -1.05. The lowest BCUT2D eigenvalue weighted by molar-refractivity contribution is -0.117. The second-order valence-corrected chi connectivity index (χ2v) is 3.24. The van der Waals surface area contributed by atoms with Gasteiger partial charge in [0.2, 0.25) is 5.91 Å². The van der Waals surface area contributed by atoms with Crippen molar-refractivity contribution in [2.75, 3.05) is 0 Å². The van der Waals surface area contributed by atoms with E-state index in [-0.39, 0.29) is 5.91 Å². The summed E-state index contributed by atoms with van der Waals surface area (Å²) in [5.41, 5.74) is 0. The largest absolute Gasteiger partial charge is 0.349 e. The maximum Gasteiger partial charge on any atom is 0.243 e. The highest BCUT2D eigenvalue weighted by Gasteiger charge is 2.18. The van der Waals surface area contributed by atoms with Gasteiger partial charge >= 0.3 is 0 Å². The fourth-order valence-electron chi connectivity index (χ4n) is 1.39. The zero-order valence-corrected chi connectivity index (χ0v) is 7.42. The molecular formula is C10H15NO. The summed E-state index contributed by atoms with van der Waals surface area (Å²) in [6.45, 7) is 5.57. The van der Waals surface area contributed by atoms with Gasteiger partial charge in [-0.1, -0.05) is 25.7 Å². The molecule has 1 aliphatic carbocycles. The molecule has 0 bridgehead atoms. The highest BCUT2D eigenvalue weighted by atomic mass is 16.1. The fraction of sp³-hybridized carbons (Fsp3) is 0.500. The van der Waals surface area contributed by atoms with E-state index in [1.165, 1.54) is 6.08 Å². The van der Waals surface area contributed by atoms with Gasteiger partial charge in [0.1, 0.15) is 0 Å². The summed E-state index contributed by atoms with van der Waals surface area (Å²) in [5, 5.41) is 2.91. The SMILES string of the molecule is C=CC(=O)N[C@@H]1CC=CC[C@H]1C. The number of carbonyl (C=O) groups excluding carboxylic acids is 1. The van der Waals surface area contributed by atoms with Crippen molar-refractivity contribution in [3.8, 4) is 0 Å². The van der Waals surface area contributed by atoms with Crippen LogP contribution in [0.15, 0.2) is 24.8 Å². The molecule has 66 valence electrons. The molecule has 0 unspecified atom stereocenters. The third-order valence-electron chi connectivity index (χ3n) is 2.26. The lowest BCUT2D eigenvalue weighted by Gasteiger charge is -2.25. The summed E-state index contributed by atoms with van der Waals surface area (Å²) in [5.74, 6) is 0.473. The van der Waals surface area contributed by atoms with Crippen LogP contribution in [-0.2, 0) is 4.79 Å². The smallest absolute Gasteiger partial charge is 0.243 e. The van der Waals surface area contributed by atoms with Crippen molar-refractivity contribution in [3.05, 3.63) is 24.8 Å². The molecule has 1 amide bonds. The number of hydrogen-bond donors (Lipinski definition) is 1. The molecular weight excluding hydrogens is 150 g/mol. The van der Waals surface area contributed by atoms with Gasteiger partial charge in [-0.2, -0.15) is 0 Å². The van der Waals surface area contributed by atoms with Crippen LogP contribution >= 0.6 is 0 Å². The Kier molecular flexibility index (Phi) is 3.09. The molecule has 0 spiro atoms. The zero-order chi connectivity index (χ0) is 8.97. The molecule has 1 aliphatic rings. The molecule has 0 aromatic rings. The second-order valence-electron chi connectivity index (χ2n) is 3.24. The van der Waals surface area contributed by atoms with Crippen LogP contribution in [0.5, 0.6) is 0 Å². The molecule has 0 aromatic carbocycles. The van der Waals surface area contributed by atoms with Crippen molar-refractivity contribution in [1.82, 2.24) is 5.32 Å². The maximum absolute atomic E-state index is 11.0. The van der Waals surface area contributed by atoms with Crippen molar-refractivity contribution in [1.29, 1.82) is 0 Å². The topological polar surface area (TPSA) is 29.1 Å². The quantitative estimate of drug-likeness (QED) is 0.489. The van der Waals surface area contributed by atoms with Crippen LogP contribution in [0.2, 0.25) is 0 Å². The summed E-state index contributed by atoms with van der Waals surface area (Å²) < 4.78 is 0. The van der Waals surface area contributed by atoms with Crippen molar-refractivity contribution in [2.45, 2.75) is 25.8 Å². The monoisotopic (exact) mass is 165 g/mol. The minimum Gasteiger partial charge on any atom is -0.349 e. The number of carbonyl (C=O) groups is 1. The van der Waals surface area contributed by atoms with Crippen LogP contribution in [0.25, 0.3) is 0 Å². The Labute approximate surface area is 73.4 Å². The van der Waals surface area contributed by atoms with E-state index >= 15 is 0 Å². The van der Waals surface area contributed by atoms with E-state index in [0.29, 0.717) is 12.0 Å². The Morgan fingerprint density at radius 2 is 2.25 bits per heavy atom. The Morgan fingerprint density at radius 3 is 2.83 bits per heavy atom. The van der Waals surface area contributed by atoms with Crippen LogP contribution < -0.4 is 5.32 Å². The zero-order valence-electron chi connectivity index (χ0n) is 7.42. The van der Waals surface area contributed by atoms with E-state index in [1.54, 1.807) is 0 Å². The summed E-state index contributed by atoms with van der Waals surface area (Å²) >= 11 is 0.